The van der Waals surface area contributed by atoms with Crippen LogP contribution in [0.25, 0.3) is 0 Å². The van der Waals surface area contributed by atoms with E-state index in [1.165, 1.54) is 12.6 Å². The van der Waals surface area contributed by atoms with Gasteiger partial charge < -0.3 is 19.7 Å². The summed E-state index contributed by atoms with van der Waals surface area (Å²) < 4.78 is 10.4. The first-order valence-corrected chi connectivity index (χ1v) is 8.71. The van der Waals surface area contributed by atoms with Crippen molar-refractivity contribution in [1.29, 1.82) is 0 Å². The molecule has 0 spiro atoms. The predicted octanol–water partition coefficient (Wildman–Crippen LogP) is 2.98. The molecule has 0 radical (unpaired) electrons. The van der Waals surface area contributed by atoms with Gasteiger partial charge in [-0.3, -0.25) is 4.79 Å². The van der Waals surface area contributed by atoms with Crippen molar-refractivity contribution in [2.75, 3.05) is 37.5 Å². The number of aromatic nitrogens is 2. The van der Waals surface area contributed by atoms with E-state index in [4.69, 9.17) is 9.47 Å². The number of carbonyl (C=O) groups is 1. The van der Waals surface area contributed by atoms with E-state index in [-0.39, 0.29) is 11.6 Å². The van der Waals surface area contributed by atoms with Crippen molar-refractivity contribution in [3.05, 3.63) is 36.3 Å². The van der Waals surface area contributed by atoms with E-state index < -0.39 is 0 Å². The summed E-state index contributed by atoms with van der Waals surface area (Å²) in [7, 11) is 3.12. The average molecular weight is 356 g/mol. The molecule has 1 saturated heterocycles. The molecule has 1 amide bonds. The Morgan fingerprint density at radius 3 is 2.65 bits per heavy atom. The van der Waals surface area contributed by atoms with Crippen LogP contribution in [0.15, 0.2) is 30.6 Å². The van der Waals surface area contributed by atoms with Gasteiger partial charge in [-0.25, -0.2) is 9.97 Å². The standard InChI is InChI=1S/C19H24N4O3/c1-13-5-4-8-23(12-13)18-11-20-15(10-21-18)19(24)22-14-6-7-16(25-2)17(9-14)26-3/h6-7,9-11,13H,4-5,8,12H2,1-3H3,(H,22,24). The Kier molecular flexibility index (Phi) is 5.55. The van der Waals surface area contributed by atoms with Crippen molar-refractivity contribution in [2.24, 2.45) is 5.92 Å². The lowest BCUT2D eigenvalue weighted by molar-refractivity contribution is 0.102. The second-order valence-corrected chi connectivity index (χ2v) is 6.48. The van der Waals surface area contributed by atoms with Crippen LogP contribution in [-0.4, -0.2) is 43.2 Å². The van der Waals surface area contributed by atoms with Crippen LogP contribution in [0.2, 0.25) is 0 Å². The van der Waals surface area contributed by atoms with Crippen molar-refractivity contribution in [3.8, 4) is 11.5 Å². The van der Waals surface area contributed by atoms with E-state index in [1.807, 2.05) is 0 Å². The Morgan fingerprint density at radius 2 is 2.00 bits per heavy atom. The zero-order valence-electron chi connectivity index (χ0n) is 15.4. The van der Waals surface area contributed by atoms with Gasteiger partial charge in [-0.2, -0.15) is 0 Å². The topological polar surface area (TPSA) is 76.6 Å². The molecule has 1 N–H and O–H groups in total. The number of anilines is 2. The van der Waals surface area contributed by atoms with E-state index in [9.17, 15) is 4.79 Å². The first kappa shape index (κ1) is 18.0. The number of carbonyl (C=O) groups excluding carboxylic acids is 1. The first-order chi connectivity index (χ1) is 12.6. The smallest absolute Gasteiger partial charge is 0.275 e. The summed E-state index contributed by atoms with van der Waals surface area (Å²) >= 11 is 0. The Hall–Kier alpha value is -2.83. The highest BCUT2D eigenvalue weighted by Crippen LogP contribution is 2.29. The number of rotatable bonds is 5. The molecule has 3 rings (SSSR count). The number of nitrogens with one attached hydrogen (secondary N) is 1. The van der Waals surface area contributed by atoms with Gasteiger partial charge in [0.1, 0.15) is 11.5 Å². The molecule has 138 valence electrons. The third-order valence-electron chi connectivity index (χ3n) is 4.49. The molecule has 1 aromatic heterocycles. The molecule has 1 fully saturated rings. The van der Waals surface area contributed by atoms with Crippen molar-refractivity contribution in [3.63, 3.8) is 0 Å². The van der Waals surface area contributed by atoms with Crippen molar-refractivity contribution in [2.45, 2.75) is 19.8 Å². The number of benzene rings is 1. The average Bonchev–Trinajstić information content (AvgIpc) is 2.68. The highest BCUT2D eigenvalue weighted by Gasteiger charge is 2.18. The van der Waals surface area contributed by atoms with Crippen molar-refractivity contribution >= 4 is 17.4 Å². The number of ether oxygens (including phenoxy) is 2. The third kappa shape index (κ3) is 4.04. The zero-order valence-corrected chi connectivity index (χ0v) is 15.4. The van der Waals surface area contributed by atoms with Crippen molar-refractivity contribution < 1.29 is 14.3 Å². The molecule has 26 heavy (non-hydrogen) atoms. The quantitative estimate of drug-likeness (QED) is 0.887. The molecular formula is C19H24N4O3. The van der Waals surface area contributed by atoms with Gasteiger partial charge in [0.05, 0.1) is 26.6 Å². The minimum absolute atomic E-state index is 0.272. The molecule has 0 bridgehead atoms. The van der Waals surface area contributed by atoms with Gasteiger partial charge in [-0.05, 0) is 30.9 Å². The highest BCUT2D eigenvalue weighted by atomic mass is 16.5. The molecule has 7 heteroatoms. The highest BCUT2D eigenvalue weighted by molar-refractivity contribution is 6.02. The minimum Gasteiger partial charge on any atom is -0.493 e. The van der Waals surface area contributed by atoms with Crippen LogP contribution in [0.4, 0.5) is 11.5 Å². The molecule has 1 atom stereocenters. The van der Waals surface area contributed by atoms with Crippen LogP contribution < -0.4 is 19.7 Å². The van der Waals surface area contributed by atoms with Gasteiger partial charge >= 0.3 is 0 Å². The Morgan fingerprint density at radius 1 is 1.19 bits per heavy atom. The summed E-state index contributed by atoms with van der Waals surface area (Å²) in [5, 5.41) is 2.80. The van der Waals surface area contributed by atoms with Gasteiger partial charge in [0.15, 0.2) is 11.5 Å². The predicted molar refractivity (Wildman–Crippen MR) is 100 cm³/mol. The molecule has 1 aliphatic heterocycles. The molecule has 0 aliphatic carbocycles. The fraction of sp³-hybridized carbons (Fsp3) is 0.421. The molecule has 2 aromatic rings. The van der Waals surface area contributed by atoms with Gasteiger partial charge in [-0.1, -0.05) is 6.92 Å². The van der Waals surface area contributed by atoms with Crippen LogP contribution in [0.1, 0.15) is 30.3 Å². The first-order valence-electron chi connectivity index (χ1n) is 8.71. The van der Waals surface area contributed by atoms with Crippen LogP contribution in [-0.2, 0) is 0 Å². The number of amides is 1. The molecule has 1 unspecified atom stereocenters. The maximum atomic E-state index is 12.4. The number of nitrogens with zero attached hydrogens (tertiary/aromatic N) is 3. The SMILES string of the molecule is COc1ccc(NC(=O)c2cnc(N3CCCC(C)C3)cn2)cc1OC. The van der Waals surface area contributed by atoms with Crippen LogP contribution in [0.3, 0.4) is 0 Å². The van der Waals surface area contributed by atoms with E-state index in [1.54, 1.807) is 38.6 Å². The van der Waals surface area contributed by atoms with Crippen molar-refractivity contribution in [1.82, 2.24) is 9.97 Å². The van der Waals surface area contributed by atoms with Gasteiger partial charge in [-0.15, -0.1) is 0 Å². The lowest BCUT2D eigenvalue weighted by atomic mass is 10.0. The Labute approximate surface area is 153 Å². The van der Waals surface area contributed by atoms with Gasteiger partial charge in [0.2, 0.25) is 0 Å². The molecule has 0 saturated carbocycles. The number of piperidine rings is 1. The number of methoxy groups -OCH3 is 2. The van der Waals surface area contributed by atoms with E-state index in [0.717, 1.165) is 25.3 Å². The number of hydrogen-bond donors (Lipinski definition) is 1. The Balaban J connectivity index is 1.68. The molecule has 1 aromatic carbocycles. The van der Waals surface area contributed by atoms with Gasteiger partial charge in [0.25, 0.3) is 5.91 Å². The normalized spacial score (nSPS) is 16.9. The van der Waals surface area contributed by atoms with Gasteiger partial charge in [0, 0.05) is 24.8 Å². The largest absolute Gasteiger partial charge is 0.493 e. The van der Waals surface area contributed by atoms with Crippen LogP contribution >= 0.6 is 0 Å². The second kappa shape index (κ2) is 8.03. The molecule has 1 aliphatic rings. The second-order valence-electron chi connectivity index (χ2n) is 6.48. The maximum absolute atomic E-state index is 12.4. The molecule has 7 nitrogen and oxygen atoms in total. The molecular weight excluding hydrogens is 332 g/mol. The maximum Gasteiger partial charge on any atom is 0.275 e. The summed E-state index contributed by atoms with van der Waals surface area (Å²) in [5.74, 6) is 2.30. The zero-order chi connectivity index (χ0) is 18.5. The lowest BCUT2D eigenvalue weighted by Crippen LogP contribution is -2.35. The van der Waals surface area contributed by atoms with E-state index in [0.29, 0.717) is 23.1 Å². The van der Waals surface area contributed by atoms with E-state index in [2.05, 4.69) is 27.1 Å². The summed E-state index contributed by atoms with van der Waals surface area (Å²) in [6, 6.07) is 5.19. The minimum atomic E-state index is -0.316. The summed E-state index contributed by atoms with van der Waals surface area (Å²) in [4.78, 5) is 23.3. The van der Waals surface area contributed by atoms with E-state index >= 15 is 0 Å². The summed E-state index contributed by atoms with van der Waals surface area (Å²) in [5.41, 5.74) is 0.872. The van der Waals surface area contributed by atoms with Crippen LogP contribution in [0, 0.1) is 5.92 Å². The Bertz CT molecular complexity index is 764. The summed E-state index contributed by atoms with van der Waals surface area (Å²) in [6.45, 7) is 4.20. The monoisotopic (exact) mass is 356 g/mol. The fourth-order valence-electron chi connectivity index (χ4n) is 3.11. The number of hydrogen-bond acceptors (Lipinski definition) is 6. The van der Waals surface area contributed by atoms with Crippen LogP contribution in [0.5, 0.6) is 11.5 Å². The third-order valence-corrected chi connectivity index (χ3v) is 4.49. The fourth-order valence-corrected chi connectivity index (χ4v) is 3.11. The summed E-state index contributed by atoms with van der Waals surface area (Å²) in [6.07, 6.45) is 5.59. The molecule has 2 heterocycles. The lowest BCUT2D eigenvalue weighted by Gasteiger charge is -2.31.